The van der Waals surface area contributed by atoms with Crippen molar-refractivity contribution in [2.24, 2.45) is 5.92 Å². The summed E-state index contributed by atoms with van der Waals surface area (Å²) in [6.45, 7) is 5.85. The van der Waals surface area contributed by atoms with Gasteiger partial charge in [0.25, 0.3) is 0 Å². The van der Waals surface area contributed by atoms with E-state index in [1.807, 2.05) is 19.1 Å². The highest BCUT2D eigenvalue weighted by atomic mass is 35.5. The maximum Gasteiger partial charge on any atom is 0.145 e. The van der Waals surface area contributed by atoms with E-state index in [0.29, 0.717) is 5.92 Å². The molecule has 0 radical (unpaired) electrons. The Hall–Kier alpha value is -1.38. The Morgan fingerprint density at radius 3 is 2.34 bits per heavy atom. The summed E-state index contributed by atoms with van der Waals surface area (Å²) in [6, 6.07) is 12.4. The van der Waals surface area contributed by atoms with Gasteiger partial charge in [-0.05, 0) is 74.0 Å². The van der Waals surface area contributed by atoms with Crippen molar-refractivity contribution in [2.45, 2.75) is 71.1 Å². The number of unbranched alkanes of at least 4 members (excludes halogenated alkanes) is 2. The lowest BCUT2D eigenvalue weighted by Crippen LogP contribution is -2.18. The number of ether oxygens (including phenoxy) is 1. The van der Waals surface area contributed by atoms with E-state index in [0.717, 1.165) is 62.0 Å². The first kappa shape index (κ1) is 22.3. The van der Waals surface area contributed by atoms with E-state index in [2.05, 4.69) is 31.2 Å². The number of rotatable bonds is 9. The van der Waals surface area contributed by atoms with E-state index in [4.69, 9.17) is 16.3 Å². The Morgan fingerprint density at radius 2 is 1.69 bits per heavy atom. The average Bonchev–Trinajstić information content (AvgIpc) is 2.75. The summed E-state index contributed by atoms with van der Waals surface area (Å²) < 4.78 is 20.7. The molecule has 1 aliphatic rings. The van der Waals surface area contributed by atoms with Crippen molar-refractivity contribution in [3.8, 4) is 11.1 Å². The zero-order valence-corrected chi connectivity index (χ0v) is 18.6. The number of hydrogen-bond acceptors (Lipinski definition) is 1. The smallest absolute Gasteiger partial charge is 0.145 e. The Bertz CT molecular complexity index is 763. The van der Waals surface area contributed by atoms with Crippen LogP contribution in [0.4, 0.5) is 4.39 Å². The third-order valence-electron chi connectivity index (χ3n) is 6.29. The molecule has 0 N–H and O–H groups in total. The minimum atomic E-state index is -0.232. The Morgan fingerprint density at radius 1 is 0.966 bits per heavy atom. The molecule has 1 aliphatic carbocycles. The monoisotopic (exact) mass is 416 g/mol. The zero-order valence-electron chi connectivity index (χ0n) is 17.9. The summed E-state index contributed by atoms with van der Waals surface area (Å²) in [6.07, 6.45) is 9.02. The largest absolute Gasteiger partial charge is 0.381 e. The molecule has 29 heavy (non-hydrogen) atoms. The Labute approximate surface area is 180 Å². The Balaban J connectivity index is 1.68. The molecule has 0 spiro atoms. The van der Waals surface area contributed by atoms with Crippen LogP contribution in [0.2, 0.25) is 5.02 Å². The highest BCUT2D eigenvalue weighted by Gasteiger charge is 2.26. The fourth-order valence-corrected chi connectivity index (χ4v) is 4.74. The lowest BCUT2D eigenvalue weighted by atomic mass is 9.78. The van der Waals surface area contributed by atoms with Gasteiger partial charge >= 0.3 is 0 Å². The first-order chi connectivity index (χ1) is 14.1. The van der Waals surface area contributed by atoms with Crippen molar-refractivity contribution in [1.29, 1.82) is 0 Å². The van der Waals surface area contributed by atoms with Crippen molar-refractivity contribution in [3.05, 3.63) is 58.4 Å². The van der Waals surface area contributed by atoms with Gasteiger partial charge in [-0.3, -0.25) is 0 Å². The number of benzene rings is 2. The van der Waals surface area contributed by atoms with Crippen molar-refractivity contribution in [2.75, 3.05) is 13.2 Å². The van der Waals surface area contributed by atoms with E-state index in [1.54, 1.807) is 0 Å². The summed E-state index contributed by atoms with van der Waals surface area (Å²) in [5.74, 6) is 0.643. The highest BCUT2D eigenvalue weighted by molar-refractivity contribution is 6.33. The number of hydrogen-bond donors (Lipinski definition) is 0. The molecule has 0 bridgehead atoms. The molecule has 1 saturated carbocycles. The fraction of sp³-hybridized carbons (Fsp3) is 0.538. The standard InChI is InChI=1S/C26H34ClFO/c1-3-5-6-7-19-8-12-21(13-9-19)23-16-17-24(26(28)25(23)27)22-14-10-20(11-15-22)18-29-4-2/h8-9,12-13,16-17,20,22H,3-7,10-11,14-15,18H2,1-2H3. The molecule has 0 amide bonds. The van der Waals surface area contributed by atoms with Gasteiger partial charge in [0.1, 0.15) is 5.82 Å². The van der Waals surface area contributed by atoms with E-state index in [-0.39, 0.29) is 16.8 Å². The second-order valence-corrected chi connectivity index (χ2v) is 8.74. The van der Waals surface area contributed by atoms with E-state index < -0.39 is 0 Å². The molecule has 0 atom stereocenters. The molecule has 0 heterocycles. The highest BCUT2D eigenvalue weighted by Crippen LogP contribution is 2.40. The quantitative estimate of drug-likeness (QED) is 0.374. The van der Waals surface area contributed by atoms with Gasteiger partial charge in [0, 0.05) is 18.8 Å². The SMILES string of the molecule is CCCCCc1ccc(-c2ccc(C3CCC(COCC)CC3)c(F)c2Cl)cc1. The molecule has 3 heteroatoms. The van der Waals surface area contributed by atoms with Gasteiger partial charge in [-0.2, -0.15) is 0 Å². The summed E-state index contributed by atoms with van der Waals surface area (Å²) in [7, 11) is 0. The molecule has 0 aliphatic heterocycles. The molecule has 0 aromatic heterocycles. The Kier molecular flexibility index (Phi) is 8.56. The molecule has 1 nitrogen and oxygen atoms in total. The maximum absolute atomic E-state index is 15.2. The predicted octanol–water partition coefficient (Wildman–Crippen LogP) is 8.19. The number of halogens is 2. The van der Waals surface area contributed by atoms with E-state index >= 15 is 4.39 Å². The summed E-state index contributed by atoms with van der Waals surface area (Å²) in [4.78, 5) is 0. The molecule has 0 saturated heterocycles. The van der Waals surface area contributed by atoms with Gasteiger partial charge in [0.2, 0.25) is 0 Å². The van der Waals surface area contributed by atoms with Crippen LogP contribution in [0.3, 0.4) is 0 Å². The lowest BCUT2D eigenvalue weighted by molar-refractivity contribution is 0.0918. The first-order valence-electron chi connectivity index (χ1n) is 11.3. The van der Waals surface area contributed by atoms with Crippen LogP contribution >= 0.6 is 11.6 Å². The van der Waals surface area contributed by atoms with Gasteiger partial charge in [-0.15, -0.1) is 0 Å². The normalized spacial score (nSPS) is 19.4. The molecular weight excluding hydrogens is 383 g/mol. The summed E-state index contributed by atoms with van der Waals surface area (Å²) in [5.41, 5.74) is 3.89. The fourth-order valence-electron chi connectivity index (χ4n) is 4.46. The van der Waals surface area contributed by atoms with Gasteiger partial charge in [0.05, 0.1) is 5.02 Å². The summed E-state index contributed by atoms with van der Waals surface area (Å²) in [5, 5.41) is 0.262. The van der Waals surface area contributed by atoms with Gasteiger partial charge in [-0.1, -0.05) is 67.8 Å². The minimum Gasteiger partial charge on any atom is -0.381 e. The molecule has 2 aromatic carbocycles. The minimum absolute atomic E-state index is 0.232. The number of aryl methyl sites for hydroxylation is 1. The molecule has 1 fully saturated rings. The predicted molar refractivity (Wildman–Crippen MR) is 121 cm³/mol. The van der Waals surface area contributed by atoms with Crippen molar-refractivity contribution >= 4 is 11.6 Å². The van der Waals surface area contributed by atoms with Crippen LogP contribution in [0.25, 0.3) is 11.1 Å². The average molecular weight is 417 g/mol. The van der Waals surface area contributed by atoms with Gasteiger partial charge in [-0.25, -0.2) is 4.39 Å². The van der Waals surface area contributed by atoms with E-state index in [1.165, 1.54) is 24.8 Å². The second kappa shape index (κ2) is 11.1. The van der Waals surface area contributed by atoms with Gasteiger partial charge in [0.15, 0.2) is 0 Å². The molecule has 2 aromatic rings. The topological polar surface area (TPSA) is 9.23 Å². The first-order valence-corrected chi connectivity index (χ1v) is 11.7. The van der Waals surface area contributed by atoms with Crippen LogP contribution in [-0.4, -0.2) is 13.2 Å². The summed E-state index contributed by atoms with van der Waals surface area (Å²) >= 11 is 6.50. The van der Waals surface area contributed by atoms with Gasteiger partial charge < -0.3 is 4.74 Å². The molecule has 3 rings (SSSR count). The van der Waals surface area contributed by atoms with Crippen molar-refractivity contribution in [1.82, 2.24) is 0 Å². The maximum atomic E-state index is 15.2. The van der Waals surface area contributed by atoms with Crippen LogP contribution in [-0.2, 0) is 11.2 Å². The third kappa shape index (κ3) is 5.83. The van der Waals surface area contributed by atoms with E-state index in [9.17, 15) is 0 Å². The molecule has 0 unspecified atom stereocenters. The van der Waals surface area contributed by atoms with Crippen LogP contribution in [0.1, 0.15) is 75.8 Å². The molecule has 158 valence electrons. The van der Waals surface area contributed by atoms with Crippen LogP contribution < -0.4 is 0 Å². The zero-order chi connectivity index (χ0) is 20.6. The third-order valence-corrected chi connectivity index (χ3v) is 6.66. The van der Waals surface area contributed by atoms with Crippen LogP contribution in [0, 0.1) is 11.7 Å². The van der Waals surface area contributed by atoms with Crippen LogP contribution in [0.15, 0.2) is 36.4 Å². The van der Waals surface area contributed by atoms with Crippen LogP contribution in [0.5, 0.6) is 0 Å². The van der Waals surface area contributed by atoms with Crippen molar-refractivity contribution < 1.29 is 9.13 Å². The van der Waals surface area contributed by atoms with Crippen molar-refractivity contribution in [3.63, 3.8) is 0 Å². The lowest BCUT2D eigenvalue weighted by Gasteiger charge is -2.29. The second-order valence-electron chi connectivity index (χ2n) is 8.36. The molecular formula is C26H34ClFO.